The van der Waals surface area contributed by atoms with Crippen molar-refractivity contribution in [2.45, 2.75) is 24.6 Å². The lowest BCUT2D eigenvalue weighted by Gasteiger charge is -2.12. The molecule has 4 N–H and O–H groups in total. The molecule has 0 radical (unpaired) electrons. The number of hydrogen-bond acceptors (Lipinski definition) is 9. The van der Waals surface area contributed by atoms with Gasteiger partial charge in [-0.3, -0.25) is 4.40 Å². The second-order valence-electron chi connectivity index (χ2n) is 7.92. The summed E-state index contributed by atoms with van der Waals surface area (Å²) in [5.74, 6) is -2.25. The maximum atomic E-state index is 12.1. The van der Waals surface area contributed by atoms with E-state index in [1.807, 2.05) is 6.92 Å². The van der Waals surface area contributed by atoms with Gasteiger partial charge in [0.1, 0.15) is 0 Å². The molecule has 0 aliphatic rings. The third kappa shape index (κ3) is 6.00. The van der Waals surface area contributed by atoms with Gasteiger partial charge in [0.05, 0.1) is 47.5 Å². The van der Waals surface area contributed by atoms with E-state index in [4.69, 9.17) is 20.4 Å². The smallest absolute Gasteiger partial charge is 0.480 e. The van der Waals surface area contributed by atoms with Crippen LogP contribution in [0.25, 0.3) is 28.2 Å². The Kier molecular flexibility index (Phi) is 7.92. The highest BCUT2D eigenvalue weighted by atomic mass is 32.2. The number of rotatable bonds is 5. The molecular weight excluding hydrogens is 531 g/mol. The molecule has 0 atom stereocenters. The van der Waals surface area contributed by atoms with Crippen molar-refractivity contribution in [3.8, 4) is 28.4 Å². The van der Waals surface area contributed by atoms with E-state index < -0.39 is 22.0 Å². The molecule has 0 amide bonds. The maximum Gasteiger partial charge on any atom is 0.490 e. The summed E-state index contributed by atoms with van der Waals surface area (Å²) in [6, 6.07) is 8.39. The van der Waals surface area contributed by atoms with Crippen LogP contribution in [-0.2, 0) is 21.2 Å². The van der Waals surface area contributed by atoms with Gasteiger partial charge in [0.15, 0.2) is 21.3 Å². The molecular formula is C23H22F3N5O6S. The average Bonchev–Trinajstić information content (AvgIpc) is 3.27. The van der Waals surface area contributed by atoms with Crippen molar-refractivity contribution in [1.29, 1.82) is 0 Å². The zero-order chi connectivity index (χ0) is 28.4. The molecule has 0 saturated carbocycles. The summed E-state index contributed by atoms with van der Waals surface area (Å²) in [6.45, 7) is 1.68. The van der Waals surface area contributed by atoms with Crippen LogP contribution in [0.4, 0.5) is 19.0 Å². The minimum Gasteiger partial charge on any atom is -0.480 e. The summed E-state index contributed by atoms with van der Waals surface area (Å²) >= 11 is 0. The Balaban J connectivity index is 0.000000505. The molecule has 11 nitrogen and oxygen atoms in total. The van der Waals surface area contributed by atoms with E-state index in [0.29, 0.717) is 39.7 Å². The summed E-state index contributed by atoms with van der Waals surface area (Å²) in [6.07, 6.45) is -0.528. The van der Waals surface area contributed by atoms with Gasteiger partial charge in [-0.05, 0) is 36.8 Å². The van der Waals surface area contributed by atoms with Crippen LogP contribution < -0.4 is 10.5 Å². The van der Waals surface area contributed by atoms with E-state index in [0.717, 1.165) is 5.56 Å². The normalized spacial score (nSPS) is 11.7. The van der Waals surface area contributed by atoms with Crippen molar-refractivity contribution in [3.63, 3.8) is 0 Å². The number of anilines is 1. The summed E-state index contributed by atoms with van der Waals surface area (Å²) in [7, 11) is -1.89. The number of aliphatic hydroxyl groups excluding tert-OH is 1. The Labute approximate surface area is 214 Å². The third-order valence-corrected chi connectivity index (χ3v) is 6.33. The number of ether oxygens (including phenoxy) is 1. The Morgan fingerprint density at radius 3 is 2.37 bits per heavy atom. The summed E-state index contributed by atoms with van der Waals surface area (Å²) in [5.41, 5.74) is 10.5. The number of aliphatic carboxylic acids is 1. The summed E-state index contributed by atoms with van der Waals surface area (Å²) < 4.78 is 63.0. The van der Waals surface area contributed by atoms with Crippen LogP contribution in [0.2, 0.25) is 0 Å². The highest BCUT2D eigenvalue weighted by Crippen LogP contribution is 2.32. The quantitative estimate of drug-likeness (QED) is 0.334. The molecule has 4 aromatic rings. The summed E-state index contributed by atoms with van der Waals surface area (Å²) in [5, 5.41) is 16.5. The average molecular weight is 554 g/mol. The Morgan fingerprint density at radius 2 is 1.82 bits per heavy atom. The van der Waals surface area contributed by atoms with Crippen LogP contribution in [0.15, 0.2) is 47.6 Å². The van der Waals surface area contributed by atoms with E-state index in [-0.39, 0.29) is 17.3 Å². The van der Waals surface area contributed by atoms with E-state index in [9.17, 15) is 26.7 Å². The Bertz CT molecular complexity index is 1620. The molecule has 4 rings (SSSR count). The minimum atomic E-state index is -5.08. The number of aliphatic hydroxyl groups is 1. The van der Waals surface area contributed by atoms with Gasteiger partial charge in [-0.25, -0.2) is 28.2 Å². The topological polar surface area (TPSA) is 170 Å². The molecule has 3 heterocycles. The second kappa shape index (κ2) is 10.6. The minimum absolute atomic E-state index is 0.203. The van der Waals surface area contributed by atoms with Gasteiger partial charge in [-0.15, -0.1) is 0 Å². The number of nitrogen functional groups attached to an aromatic ring is 1. The Morgan fingerprint density at radius 1 is 1.16 bits per heavy atom. The highest BCUT2D eigenvalue weighted by molar-refractivity contribution is 7.90. The molecule has 0 aliphatic carbocycles. The van der Waals surface area contributed by atoms with Gasteiger partial charge in [0, 0.05) is 18.0 Å². The third-order valence-electron chi connectivity index (χ3n) is 5.22. The first-order chi connectivity index (χ1) is 17.7. The molecule has 0 saturated heterocycles. The SMILES string of the molecule is COc1nc(CO)ccc1-c1cn2c(-c3cc(S(C)(=O)=O)ccc3C)cnc2c(N)n1.O=C(O)C(F)(F)F. The van der Waals surface area contributed by atoms with Crippen LogP contribution in [0.5, 0.6) is 5.88 Å². The number of nitrogens with zero attached hydrogens (tertiary/aromatic N) is 4. The molecule has 3 aromatic heterocycles. The number of nitrogens with two attached hydrogens (primary N) is 1. The molecule has 1 aromatic carbocycles. The first-order valence-corrected chi connectivity index (χ1v) is 12.5. The molecule has 0 spiro atoms. The number of alkyl halides is 3. The van der Waals surface area contributed by atoms with Gasteiger partial charge in [-0.1, -0.05) is 6.07 Å². The van der Waals surface area contributed by atoms with E-state index >= 15 is 0 Å². The van der Waals surface area contributed by atoms with Crippen LogP contribution >= 0.6 is 0 Å². The fourth-order valence-electron chi connectivity index (χ4n) is 3.37. The molecule has 0 unspecified atom stereocenters. The van der Waals surface area contributed by atoms with E-state index in [1.165, 1.54) is 13.4 Å². The van der Waals surface area contributed by atoms with Crippen LogP contribution in [0.1, 0.15) is 11.3 Å². The fourth-order valence-corrected chi connectivity index (χ4v) is 4.01. The zero-order valence-electron chi connectivity index (χ0n) is 20.2. The number of methoxy groups -OCH3 is 1. The number of pyridine rings is 1. The van der Waals surface area contributed by atoms with Gasteiger partial charge >= 0.3 is 12.1 Å². The van der Waals surface area contributed by atoms with Crippen molar-refractivity contribution in [2.75, 3.05) is 19.1 Å². The van der Waals surface area contributed by atoms with Crippen LogP contribution in [-0.4, -0.2) is 63.5 Å². The highest BCUT2D eigenvalue weighted by Gasteiger charge is 2.38. The first kappa shape index (κ1) is 28.3. The number of halogens is 3. The number of sulfone groups is 1. The van der Waals surface area contributed by atoms with Crippen LogP contribution in [0.3, 0.4) is 0 Å². The lowest BCUT2D eigenvalue weighted by Crippen LogP contribution is -2.21. The molecule has 38 heavy (non-hydrogen) atoms. The molecule has 15 heteroatoms. The van der Waals surface area contributed by atoms with Gasteiger partial charge in [0.2, 0.25) is 5.88 Å². The maximum absolute atomic E-state index is 12.1. The van der Waals surface area contributed by atoms with Crippen molar-refractivity contribution < 1.29 is 41.3 Å². The molecule has 0 bridgehead atoms. The number of carboxylic acid groups (broad SMARTS) is 1. The lowest BCUT2D eigenvalue weighted by molar-refractivity contribution is -0.192. The van der Waals surface area contributed by atoms with E-state index in [1.54, 1.807) is 47.1 Å². The number of hydrogen-bond donors (Lipinski definition) is 3. The van der Waals surface area contributed by atoms with Gasteiger partial charge in [-0.2, -0.15) is 13.2 Å². The lowest BCUT2D eigenvalue weighted by atomic mass is 10.1. The number of aromatic nitrogens is 4. The van der Waals surface area contributed by atoms with E-state index in [2.05, 4.69) is 15.0 Å². The standard InChI is InChI=1S/C21H21N5O4S.C2HF3O2/c1-12-4-6-14(31(3,28)29)8-16(12)18-9-23-20-19(22)25-17(10-26(18)20)15-7-5-13(11-27)24-21(15)30-2;3-2(4,5)1(6)7/h4-10,27H,11H2,1-3H3,(H2,22,25);(H,6,7). The molecule has 0 aliphatic heterocycles. The molecule has 202 valence electrons. The number of carbonyl (C=O) groups is 1. The Hall–Kier alpha value is -4.24. The summed E-state index contributed by atoms with van der Waals surface area (Å²) in [4.78, 5) is 22.2. The monoisotopic (exact) mass is 553 g/mol. The number of imidazole rings is 1. The number of carboxylic acids is 1. The number of benzene rings is 1. The fraction of sp³-hybridized carbons (Fsp3) is 0.217. The van der Waals surface area contributed by atoms with Crippen LogP contribution in [0, 0.1) is 6.92 Å². The largest absolute Gasteiger partial charge is 0.490 e. The van der Waals surface area contributed by atoms with Gasteiger partial charge < -0.3 is 20.7 Å². The number of aryl methyl sites for hydroxylation is 1. The first-order valence-electron chi connectivity index (χ1n) is 10.6. The number of fused-ring (bicyclic) bond motifs is 1. The second-order valence-corrected chi connectivity index (χ2v) is 9.93. The predicted octanol–water partition coefficient (Wildman–Crippen LogP) is 2.89. The van der Waals surface area contributed by atoms with Crippen molar-refractivity contribution in [2.24, 2.45) is 0 Å². The molecule has 0 fully saturated rings. The zero-order valence-corrected chi connectivity index (χ0v) is 21.0. The predicted molar refractivity (Wildman–Crippen MR) is 130 cm³/mol. The van der Waals surface area contributed by atoms with Crippen molar-refractivity contribution in [3.05, 3.63) is 54.0 Å². The van der Waals surface area contributed by atoms with Crippen molar-refractivity contribution in [1.82, 2.24) is 19.4 Å². The van der Waals surface area contributed by atoms with Crippen molar-refractivity contribution >= 4 is 27.3 Å². The van der Waals surface area contributed by atoms with Gasteiger partial charge in [0.25, 0.3) is 0 Å².